The zero-order valence-electron chi connectivity index (χ0n) is 33.8. The maximum atomic E-state index is 15.0. The lowest BCUT2D eigenvalue weighted by molar-refractivity contribution is -0.274. The number of fused-ring (bicyclic) bond motifs is 1. The maximum Gasteiger partial charge on any atom is 0.190 e. The maximum absolute atomic E-state index is 15.0. The third-order valence-electron chi connectivity index (χ3n) is 10.9. The topological polar surface area (TPSA) is 55.4 Å². The molecule has 312 valence electrons. The molecule has 1 aliphatic heterocycles. The number of ether oxygens (including phenoxy) is 6. The largest absolute Gasteiger partial charge is 0.491 e. The van der Waals surface area contributed by atoms with Crippen LogP contribution in [0.5, 0.6) is 5.75 Å². The van der Waals surface area contributed by atoms with Crippen LogP contribution in [0.2, 0.25) is 5.02 Å². The Morgan fingerprint density at radius 3 is 1.51 bits per heavy atom. The molecular weight excluding hydrogens is 794 g/mol. The van der Waals surface area contributed by atoms with E-state index in [0.29, 0.717) is 29.4 Å². The van der Waals surface area contributed by atoms with Crippen molar-refractivity contribution in [3.05, 3.63) is 219 Å². The smallest absolute Gasteiger partial charge is 0.190 e. The molecule has 7 aromatic carbocycles. The minimum Gasteiger partial charge on any atom is -0.491 e. The van der Waals surface area contributed by atoms with Crippen LogP contribution in [0.4, 0.5) is 8.78 Å². The number of hydrogen-bond donors (Lipinski definition) is 0. The van der Waals surface area contributed by atoms with E-state index in [9.17, 15) is 0 Å². The van der Waals surface area contributed by atoms with Crippen molar-refractivity contribution < 1.29 is 37.2 Å². The summed E-state index contributed by atoms with van der Waals surface area (Å²) in [7, 11) is 1.24. The van der Waals surface area contributed by atoms with Gasteiger partial charge in [0.25, 0.3) is 0 Å². The molecule has 0 unspecified atom stereocenters. The molecule has 0 bridgehead atoms. The van der Waals surface area contributed by atoms with Gasteiger partial charge in [-0.1, -0.05) is 163 Å². The van der Waals surface area contributed by atoms with Crippen LogP contribution in [0.25, 0.3) is 10.8 Å². The fourth-order valence-corrected chi connectivity index (χ4v) is 8.25. The number of rotatable bonds is 17. The summed E-state index contributed by atoms with van der Waals surface area (Å²) in [5, 5.41) is 2.07. The molecule has 5 atom stereocenters. The SMILES string of the molecule is COc1c(F)cc(Cc2cc([C@@H]3O[C@H](COCc4ccccc4)[C@@H](OCc4ccccc4)[C@H](OCc4ccccc4)[C@H]3OCc3ccccc3)c3ccccc3c2Cl)cc1F. The quantitative estimate of drug-likeness (QED) is 0.0910. The first kappa shape index (κ1) is 42.2. The van der Waals surface area contributed by atoms with E-state index >= 15 is 8.78 Å². The van der Waals surface area contributed by atoms with Crippen molar-refractivity contribution in [1.82, 2.24) is 0 Å². The molecule has 1 aliphatic rings. The minimum atomic E-state index is -0.794. The molecule has 0 saturated carbocycles. The molecule has 0 spiro atoms. The number of halogens is 3. The van der Waals surface area contributed by atoms with Gasteiger partial charge < -0.3 is 28.4 Å². The Labute approximate surface area is 360 Å². The second kappa shape index (κ2) is 20.4. The highest BCUT2D eigenvalue weighted by Crippen LogP contribution is 2.43. The molecule has 6 nitrogen and oxygen atoms in total. The highest BCUT2D eigenvalue weighted by atomic mass is 35.5. The van der Waals surface area contributed by atoms with Gasteiger partial charge in [0, 0.05) is 5.39 Å². The van der Waals surface area contributed by atoms with Crippen molar-refractivity contribution in [2.75, 3.05) is 13.7 Å². The van der Waals surface area contributed by atoms with Crippen LogP contribution < -0.4 is 4.74 Å². The van der Waals surface area contributed by atoms with E-state index in [1.54, 1.807) is 0 Å². The molecule has 1 fully saturated rings. The average molecular weight is 841 g/mol. The Morgan fingerprint density at radius 1 is 0.525 bits per heavy atom. The molecule has 1 saturated heterocycles. The van der Waals surface area contributed by atoms with Gasteiger partial charge in [-0.2, -0.15) is 0 Å². The molecule has 61 heavy (non-hydrogen) atoms. The standard InChI is InChI=1S/C52H47ClF2O6/c1-56-49-44(54)27-39(28-45(49)55)26-40-29-43(41-24-14-15-25-42(41)47(40)53)48-51(59-32-37-20-10-4-11-21-37)52(60-33-38-22-12-5-13-23-38)50(58-31-36-18-8-3-9-19-36)46(61-48)34-57-30-35-16-6-2-7-17-35/h2-25,27-29,46,48,50-52H,26,30-34H2,1H3/t46-,48+,50-,51+,52+/m1/s1. The summed E-state index contributed by atoms with van der Waals surface area (Å²) < 4.78 is 69.7. The first-order chi connectivity index (χ1) is 29.9. The average Bonchev–Trinajstić information content (AvgIpc) is 3.29. The summed E-state index contributed by atoms with van der Waals surface area (Å²) in [6, 6.07) is 52.3. The van der Waals surface area contributed by atoms with Gasteiger partial charge >= 0.3 is 0 Å². The van der Waals surface area contributed by atoms with Crippen LogP contribution in [-0.4, -0.2) is 38.1 Å². The molecule has 9 heteroatoms. The number of hydrogen-bond acceptors (Lipinski definition) is 6. The number of methoxy groups -OCH3 is 1. The van der Waals surface area contributed by atoms with Gasteiger partial charge in [-0.3, -0.25) is 0 Å². The van der Waals surface area contributed by atoms with Crippen molar-refractivity contribution in [2.45, 2.75) is 63.4 Å². The van der Waals surface area contributed by atoms with Crippen molar-refractivity contribution in [1.29, 1.82) is 0 Å². The molecular formula is C52H47ClF2O6. The summed E-state index contributed by atoms with van der Waals surface area (Å²) in [5.41, 5.74) is 5.82. The first-order valence-electron chi connectivity index (χ1n) is 20.4. The van der Waals surface area contributed by atoms with E-state index in [-0.39, 0.29) is 26.2 Å². The zero-order chi connectivity index (χ0) is 42.0. The van der Waals surface area contributed by atoms with Crippen molar-refractivity contribution in [2.24, 2.45) is 0 Å². The first-order valence-corrected chi connectivity index (χ1v) is 20.8. The molecule has 0 aromatic heterocycles. The zero-order valence-corrected chi connectivity index (χ0v) is 34.6. The second-order valence-corrected chi connectivity index (χ2v) is 15.5. The minimum absolute atomic E-state index is 0.136. The lowest BCUT2D eigenvalue weighted by Gasteiger charge is -2.46. The van der Waals surface area contributed by atoms with Crippen molar-refractivity contribution in [3.63, 3.8) is 0 Å². The van der Waals surface area contributed by atoms with Gasteiger partial charge in [0.2, 0.25) is 0 Å². The Morgan fingerprint density at radius 2 is 0.984 bits per heavy atom. The van der Waals surface area contributed by atoms with Gasteiger partial charge in [0.05, 0.1) is 45.2 Å². The molecule has 7 aromatic rings. The van der Waals surface area contributed by atoms with Crippen LogP contribution in [0.1, 0.15) is 45.0 Å². The Kier molecular flexibility index (Phi) is 14.1. The van der Waals surface area contributed by atoms with E-state index < -0.39 is 47.9 Å². The predicted octanol–water partition coefficient (Wildman–Crippen LogP) is 11.8. The highest BCUT2D eigenvalue weighted by molar-refractivity contribution is 6.36. The van der Waals surface area contributed by atoms with Crippen LogP contribution in [0.15, 0.2) is 164 Å². The van der Waals surface area contributed by atoms with Gasteiger partial charge in [-0.05, 0) is 62.9 Å². The Hall–Kier alpha value is -5.45. The number of benzene rings is 7. The van der Waals surface area contributed by atoms with E-state index in [1.807, 2.05) is 152 Å². The van der Waals surface area contributed by atoms with E-state index in [1.165, 1.54) is 19.2 Å². The molecule has 1 heterocycles. The lowest BCUT2D eigenvalue weighted by Crippen LogP contribution is -2.58. The monoisotopic (exact) mass is 840 g/mol. The van der Waals surface area contributed by atoms with Gasteiger partial charge in [-0.15, -0.1) is 0 Å². The van der Waals surface area contributed by atoms with Crippen LogP contribution in [0, 0.1) is 11.6 Å². The summed E-state index contributed by atoms with van der Waals surface area (Å²) in [6.45, 7) is 1.40. The summed E-state index contributed by atoms with van der Waals surface area (Å²) in [4.78, 5) is 0. The summed E-state index contributed by atoms with van der Waals surface area (Å²) in [5.74, 6) is -2.02. The van der Waals surface area contributed by atoms with Gasteiger partial charge in [0.1, 0.15) is 30.5 Å². The fraction of sp³-hybridized carbons (Fsp3) is 0.231. The van der Waals surface area contributed by atoms with E-state index in [4.69, 9.17) is 40.0 Å². The Balaban J connectivity index is 1.24. The lowest BCUT2D eigenvalue weighted by atomic mass is 9.86. The van der Waals surface area contributed by atoms with E-state index in [0.717, 1.165) is 38.6 Å². The van der Waals surface area contributed by atoms with Gasteiger partial charge in [0.15, 0.2) is 17.4 Å². The third kappa shape index (κ3) is 10.4. The summed E-state index contributed by atoms with van der Waals surface area (Å²) in [6.07, 6.45) is -3.26. The van der Waals surface area contributed by atoms with Gasteiger partial charge in [-0.25, -0.2) is 8.78 Å². The van der Waals surface area contributed by atoms with Crippen molar-refractivity contribution >= 4 is 22.4 Å². The Bertz CT molecular complexity index is 2450. The highest BCUT2D eigenvalue weighted by Gasteiger charge is 2.49. The molecule has 0 radical (unpaired) electrons. The molecule has 0 aliphatic carbocycles. The van der Waals surface area contributed by atoms with Crippen LogP contribution in [0.3, 0.4) is 0 Å². The van der Waals surface area contributed by atoms with Crippen molar-refractivity contribution in [3.8, 4) is 5.75 Å². The van der Waals surface area contributed by atoms with Crippen LogP contribution in [-0.2, 0) is 56.5 Å². The predicted molar refractivity (Wildman–Crippen MR) is 233 cm³/mol. The summed E-state index contributed by atoms with van der Waals surface area (Å²) >= 11 is 7.19. The second-order valence-electron chi connectivity index (χ2n) is 15.1. The van der Waals surface area contributed by atoms with E-state index in [2.05, 4.69) is 0 Å². The molecule has 0 amide bonds. The fourth-order valence-electron chi connectivity index (χ4n) is 7.96. The van der Waals surface area contributed by atoms with Crippen LogP contribution >= 0.6 is 11.6 Å². The third-order valence-corrected chi connectivity index (χ3v) is 11.4. The normalized spacial score (nSPS) is 18.9. The molecule has 8 rings (SSSR count). The molecule has 0 N–H and O–H groups in total.